The lowest BCUT2D eigenvalue weighted by Gasteiger charge is -2.25. The molecule has 1 heterocycles. The van der Waals surface area contributed by atoms with E-state index >= 15 is 0 Å². The molecule has 0 amide bonds. The fourth-order valence-corrected chi connectivity index (χ4v) is 2.83. The first-order valence-corrected chi connectivity index (χ1v) is 8.74. The first-order valence-electron chi connectivity index (χ1n) is 8.74. The number of nitrogens with one attached hydrogen (secondary N) is 1. The number of aryl methyl sites for hydroxylation is 1. The molecule has 1 aromatic heterocycles. The molecule has 2 fully saturated rings. The summed E-state index contributed by atoms with van der Waals surface area (Å²) in [6.45, 7) is 8.78. The minimum absolute atomic E-state index is 0.924. The Labute approximate surface area is 129 Å². The summed E-state index contributed by atoms with van der Waals surface area (Å²) in [4.78, 5) is 7.49. The van der Waals surface area contributed by atoms with Crippen molar-refractivity contribution in [1.29, 1.82) is 0 Å². The Bertz CT molecular complexity index is 450. The summed E-state index contributed by atoms with van der Waals surface area (Å²) in [5, 5.41) is 3.44. The van der Waals surface area contributed by atoms with Crippen LogP contribution < -0.4 is 10.2 Å². The zero-order valence-corrected chi connectivity index (χ0v) is 13.6. The van der Waals surface area contributed by atoms with E-state index in [1.165, 1.54) is 55.8 Å². The van der Waals surface area contributed by atoms with E-state index in [0.29, 0.717) is 0 Å². The zero-order chi connectivity index (χ0) is 14.7. The predicted octanol–water partition coefficient (Wildman–Crippen LogP) is 3.38. The van der Waals surface area contributed by atoms with Crippen LogP contribution in [-0.4, -0.2) is 24.6 Å². The number of nitrogens with zero attached hydrogens (tertiary/aromatic N) is 2. The normalized spacial score (nSPS) is 18.0. The summed E-state index contributed by atoms with van der Waals surface area (Å²) in [5.41, 5.74) is 2.62. The molecule has 0 radical (unpaired) electrons. The van der Waals surface area contributed by atoms with Gasteiger partial charge in [-0.3, -0.25) is 0 Å². The van der Waals surface area contributed by atoms with Crippen molar-refractivity contribution in [2.24, 2.45) is 11.8 Å². The van der Waals surface area contributed by atoms with Gasteiger partial charge in [-0.05, 0) is 68.2 Å². The molecule has 3 nitrogen and oxygen atoms in total. The summed E-state index contributed by atoms with van der Waals surface area (Å²) >= 11 is 0. The number of pyridine rings is 1. The second kappa shape index (κ2) is 6.78. The third-order valence-electron chi connectivity index (χ3n) is 4.54. The molecule has 2 aliphatic rings. The molecule has 2 saturated carbocycles. The molecule has 116 valence electrons. The molecule has 3 heteroatoms. The van der Waals surface area contributed by atoms with Crippen molar-refractivity contribution in [3.63, 3.8) is 0 Å². The lowest BCUT2D eigenvalue weighted by atomic mass is 10.1. The highest BCUT2D eigenvalue weighted by Gasteiger charge is 2.30. The fraction of sp³-hybridized carbons (Fsp3) is 0.722. The number of hydrogen-bond acceptors (Lipinski definition) is 3. The maximum Gasteiger partial charge on any atom is 0.129 e. The molecule has 0 aliphatic heterocycles. The van der Waals surface area contributed by atoms with Crippen LogP contribution >= 0.6 is 0 Å². The van der Waals surface area contributed by atoms with Crippen LogP contribution in [0, 0.1) is 11.8 Å². The molecular formula is C18H29N3. The third-order valence-corrected chi connectivity index (χ3v) is 4.54. The third kappa shape index (κ3) is 4.44. The number of hydrogen-bond donors (Lipinski definition) is 1. The number of aromatic nitrogens is 1. The molecule has 0 atom stereocenters. The second-order valence-electron chi connectivity index (χ2n) is 6.75. The molecular weight excluding hydrogens is 258 g/mol. The van der Waals surface area contributed by atoms with Crippen LogP contribution in [0.3, 0.4) is 0 Å². The topological polar surface area (TPSA) is 28.2 Å². The Morgan fingerprint density at radius 2 is 1.76 bits per heavy atom. The highest BCUT2D eigenvalue weighted by Crippen LogP contribution is 2.35. The van der Waals surface area contributed by atoms with E-state index in [2.05, 4.69) is 36.2 Å². The quantitative estimate of drug-likeness (QED) is 0.754. The standard InChI is InChI=1S/C18H29N3/c1-3-17-9-16(11-19-4-2)10-18(20-17)21(12-14-5-6-14)13-15-7-8-15/h9-10,14-15,19H,3-8,11-13H2,1-2H3. The predicted molar refractivity (Wildman–Crippen MR) is 88.7 cm³/mol. The van der Waals surface area contributed by atoms with Gasteiger partial charge in [-0.2, -0.15) is 0 Å². The van der Waals surface area contributed by atoms with Gasteiger partial charge in [0.15, 0.2) is 0 Å². The van der Waals surface area contributed by atoms with Crippen LogP contribution in [0.15, 0.2) is 12.1 Å². The molecule has 0 aromatic carbocycles. The summed E-state index contributed by atoms with van der Waals surface area (Å²) in [5.74, 6) is 3.07. The molecule has 2 aliphatic carbocycles. The van der Waals surface area contributed by atoms with Gasteiger partial charge < -0.3 is 10.2 Å². The molecule has 0 spiro atoms. The first-order chi connectivity index (χ1) is 10.3. The van der Waals surface area contributed by atoms with Gasteiger partial charge in [0.25, 0.3) is 0 Å². The van der Waals surface area contributed by atoms with Gasteiger partial charge in [0.2, 0.25) is 0 Å². The van der Waals surface area contributed by atoms with Crippen molar-refractivity contribution >= 4 is 5.82 Å². The largest absolute Gasteiger partial charge is 0.356 e. The molecule has 21 heavy (non-hydrogen) atoms. The van der Waals surface area contributed by atoms with Gasteiger partial charge in [-0.1, -0.05) is 13.8 Å². The van der Waals surface area contributed by atoms with Crippen molar-refractivity contribution in [2.75, 3.05) is 24.5 Å². The van der Waals surface area contributed by atoms with E-state index in [9.17, 15) is 0 Å². The van der Waals surface area contributed by atoms with E-state index in [0.717, 1.165) is 31.3 Å². The average molecular weight is 287 g/mol. The Balaban J connectivity index is 1.77. The lowest BCUT2D eigenvalue weighted by Crippen LogP contribution is -2.29. The van der Waals surface area contributed by atoms with E-state index in [1.807, 2.05) is 0 Å². The van der Waals surface area contributed by atoms with E-state index in [1.54, 1.807) is 0 Å². The molecule has 0 bridgehead atoms. The Kier molecular flexibility index (Phi) is 4.79. The molecule has 3 rings (SSSR count). The fourth-order valence-electron chi connectivity index (χ4n) is 2.83. The maximum absolute atomic E-state index is 4.92. The number of anilines is 1. The molecule has 0 unspecified atom stereocenters. The van der Waals surface area contributed by atoms with Crippen molar-refractivity contribution in [1.82, 2.24) is 10.3 Å². The summed E-state index contributed by atoms with van der Waals surface area (Å²) < 4.78 is 0. The Morgan fingerprint density at radius 1 is 1.10 bits per heavy atom. The molecule has 0 saturated heterocycles. The minimum atomic E-state index is 0.924. The van der Waals surface area contributed by atoms with Crippen molar-refractivity contribution < 1.29 is 0 Å². The molecule has 1 N–H and O–H groups in total. The van der Waals surface area contributed by atoms with Gasteiger partial charge in [-0.25, -0.2) is 4.98 Å². The SMILES string of the molecule is CCNCc1cc(CC)nc(N(CC2CC2)CC2CC2)c1. The first kappa shape index (κ1) is 14.8. The number of rotatable bonds is 9. The van der Waals surface area contributed by atoms with Crippen molar-refractivity contribution in [2.45, 2.75) is 52.5 Å². The van der Waals surface area contributed by atoms with Gasteiger partial charge in [0.1, 0.15) is 5.82 Å². The van der Waals surface area contributed by atoms with Gasteiger partial charge in [-0.15, -0.1) is 0 Å². The monoisotopic (exact) mass is 287 g/mol. The van der Waals surface area contributed by atoms with Crippen LogP contribution in [0.5, 0.6) is 0 Å². The van der Waals surface area contributed by atoms with E-state index in [4.69, 9.17) is 4.98 Å². The lowest BCUT2D eigenvalue weighted by molar-refractivity contribution is 0.667. The Hall–Kier alpha value is -1.09. The van der Waals surface area contributed by atoms with Crippen LogP contribution in [0.2, 0.25) is 0 Å². The highest BCUT2D eigenvalue weighted by molar-refractivity contribution is 5.43. The van der Waals surface area contributed by atoms with E-state index < -0.39 is 0 Å². The van der Waals surface area contributed by atoms with Gasteiger partial charge in [0.05, 0.1) is 0 Å². The highest BCUT2D eigenvalue weighted by atomic mass is 15.2. The van der Waals surface area contributed by atoms with Crippen molar-refractivity contribution in [3.8, 4) is 0 Å². The van der Waals surface area contributed by atoms with Crippen LogP contribution in [0.1, 0.15) is 50.8 Å². The zero-order valence-electron chi connectivity index (χ0n) is 13.6. The van der Waals surface area contributed by atoms with Crippen molar-refractivity contribution in [3.05, 3.63) is 23.4 Å². The molecule has 1 aromatic rings. The Morgan fingerprint density at radius 3 is 2.29 bits per heavy atom. The smallest absolute Gasteiger partial charge is 0.129 e. The minimum Gasteiger partial charge on any atom is -0.356 e. The van der Waals surface area contributed by atoms with Crippen LogP contribution in [0.25, 0.3) is 0 Å². The summed E-state index contributed by atoms with van der Waals surface area (Å²) in [6.07, 6.45) is 6.68. The van der Waals surface area contributed by atoms with Crippen LogP contribution in [0.4, 0.5) is 5.82 Å². The van der Waals surface area contributed by atoms with E-state index in [-0.39, 0.29) is 0 Å². The summed E-state index contributed by atoms with van der Waals surface area (Å²) in [7, 11) is 0. The van der Waals surface area contributed by atoms with Gasteiger partial charge in [0, 0.05) is 25.3 Å². The average Bonchev–Trinajstić information content (AvgIpc) is 3.39. The van der Waals surface area contributed by atoms with Crippen LogP contribution in [-0.2, 0) is 13.0 Å². The second-order valence-corrected chi connectivity index (χ2v) is 6.75. The maximum atomic E-state index is 4.92. The van der Waals surface area contributed by atoms with Gasteiger partial charge >= 0.3 is 0 Å². The summed E-state index contributed by atoms with van der Waals surface area (Å²) in [6, 6.07) is 4.57.